The summed E-state index contributed by atoms with van der Waals surface area (Å²) in [6, 6.07) is 21.0. The molecule has 4 aromatic rings. The van der Waals surface area contributed by atoms with Crippen molar-refractivity contribution in [3.05, 3.63) is 89.6 Å². The van der Waals surface area contributed by atoms with Crippen LogP contribution in [0.25, 0.3) is 11.3 Å². The minimum atomic E-state index is -5.32. The Morgan fingerprint density at radius 2 is 1.40 bits per heavy atom. The zero-order chi connectivity index (χ0) is 25.8. The van der Waals surface area contributed by atoms with E-state index in [1.54, 1.807) is 10.2 Å². The molecule has 0 radical (unpaired) electrons. The molecule has 0 spiro atoms. The van der Waals surface area contributed by atoms with Gasteiger partial charge in [-0.1, -0.05) is 47.6 Å². The van der Waals surface area contributed by atoms with Crippen molar-refractivity contribution in [2.24, 2.45) is 0 Å². The van der Waals surface area contributed by atoms with Crippen molar-refractivity contribution in [1.29, 1.82) is 0 Å². The van der Waals surface area contributed by atoms with Crippen LogP contribution in [0.15, 0.2) is 77.3 Å². The monoisotopic (exact) mass is 620 g/mol. The van der Waals surface area contributed by atoms with Crippen molar-refractivity contribution in [3.8, 4) is 17.1 Å². The SMILES string of the molecule is O=P([O-])([O-])Nc1ccc(-c2cc(Cc3ccc(OCc4ccccc4)cc3)no2)c(NP(=O)([O-])[O-])n1.[Na+].[Na+].[Na+].[Na+]. The third kappa shape index (κ3) is 13.4. The van der Waals surface area contributed by atoms with Crippen LogP contribution in [0.1, 0.15) is 16.8 Å². The maximum absolute atomic E-state index is 11.2. The molecule has 0 saturated heterocycles. The molecule has 2 N–H and O–H groups in total. The largest absolute Gasteiger partial charge is 1.00 e. The summed E-state index contributed by atoms with van der Waals surface area (Å²) in [7, 11) is -10.5. The molecule has 2 heterocycles. The van der Waals surface area contributed by atoms with Crippen LogP contribution >= 0.6 is 15.5 Å². The van der Waals surface area contributed by atoms with Crippen LogP contribution in [0.5, 0.6) is 5.75 Å². The van der Waals surface area contributed by atoms with Gasteiger partial charge in [0, 0.05) is 28.0 Å². The van der Waals surface area contributed by atoms with E-state index in [2.05, 4.69) is 10.1 Å². The molecule has 40 heavy (non-hydrogen) atoms. The quantitative estimate of drug-likeness (QED) is 0.126. The maximum atomic E-state index is 11.2. The molecule has 0 atom stereocenters. The van der Waals surface area contributed by atoms with E-state index >= 15 is 0 Å². The van der Waals surface area contributed by atoms with E-state index < -0.39 is 27.1 Å². The average molecular weight is 620 g/mol. The molecular weight excluding hydrogens is 602 g/mol. The van der Waals surface area contributed by atoms with Gasteiger partial charge in [-0.3, -0.25) is 0 Å². The van der Waals surface area contributed by atoms with E-state index in [4.69, 9.17) is 9.26 Å². The molecule has 0 bridgehead atoms. The fourth-order valence-electron chi connectivity index (χ4n) is 3.25. The van der Waals surface area contributed by atoms with Crippen LogP contribution in [0, 0.1) is 0 Å². The molecule has 188 valence electrons. The molecular formula is C22H18N4Na4O8P2. The number of hydrogen-bond acceptors (Lipinski definition) is 10. The van der Waals surface area contributed by atoms with E-state index in [1.807, 2.05) is 54.6 Å². The average Bonchev–Trinajstić information content (AvgIpc) is 3.25. The summed E-state index contributed by atoms with van der Waals surface area (Å²) in [5, 5.41) is 7.21. The summed E-state index contributed by atoms with van der Waals surface area (Å²) in [5.74, 6) is -0.240. The van der Waals surface area contributed by atoms with Crippen LogP contribution in [0.4, 0.5) is 11.6 Å². The van der Waals surface area contributed by atoms with Gasteiger partial charge in [0.1, 0.15) is 24.0 Å². The summed E-state index contributed by atoms with van der Waals surface area (Å²) < 4.78 is 33.2. The number of hydrogen-bond donors (Lipinski definition) is 2. The van der Waals surface area contributed by atoms with Crippen molar-refractivity contribution in [1.82, 2.24) is 10.1 Å². The van der Waals surface area contributed by atoms with Gasteiger partial charge in [-0.2, -0.15) is 0 Å². The Hall–Kier alpha value is 0.500. The first-order valence-electron chi connectivity index (χ1n) is 10.4. The Morgan fingerprint density at radius 3 is 2.00 bits per heavy atom. The fraction of sp³-hybridized carbons (Fsp3) is 0.0909. The molecule has 12 nitrogen and oxygen atoms in total. The Kier molecular flexibility index (Phi) is 18.6. The van der Waals surface area contributed by atoms with Crippen molar-refractivity contribution in [2.45, 2.75) is 13.0 Å². The second-order valence-electron chi connectivity index (χ2n) is 7.59. The van der Waals surface area contributed by atoms with E-state index in [0.29, 0.717) is 24.5 Å². The number of benzene rings is 2. The first-order valence-corrected chi connectivity index (χ1v) is 13.5. The van der Waals surface area contributed by atoms with E-state index in [0.717, 1.165) is 17.2 Å². The molecule has 0 aliphatic heterocycles. The van der Waals surface area contributed by atoms with Gasteiger partial charge in [0.05, 0.1) is 11.3 Å². The van der Waals surface area contributed by atoms with Crippen LogP contribution in [0.2, 0.25) is 0 Å². The predicted octanol–water partition coefficient (Wildman–Crippen LogP) is -10.6. The van der Waals surface area contributed by atoms with Crippen molar-refractivity contribution in [3.63, 3.8) is 0 Å². The third-order valence-electron chi connectivity index (χ3n) is 4.77. The zero-order valence-corrected chi connectivity index (χ0v) is 32.2. The fourth-order valence-corrected chi connectivity index (χ4v) is 4.09. The Bertz CT molecular complexity index is 1440. The molecule has 0 aliphatic carbocycles. The van der Waals surface area contributed by atoms with Gasteiger partial charge in [-0.15, -0.1) is 0 Å². The van der Waals surface area contributed by atoms with Crippen LogP contribution in [0.3, 0.4) is 0 Å². The van der Waals surface area contributed by atoms with Gasteiger partial charge in [-0.05, 0) is 35.4 Å². The van der Waals surface area contributed by atoms with E-state index in [1.165, 1.54) is 12.1 Å². The van der Waals surface area contributed by atoms with Crippen molar-refractivity contribution in [2.75, 3.05) is 10.2 Å². The summed E-state index contributed by atoms with van der Waals surface area (Å²) >= 11 is 0. The van der Waals surface area contributed by atoms with E-state index in [9.17, 15) is 28.7 Å². The molecule has 0 amide bonds. The van der Waals surface area contributed by atoms with Gasteiger partial charge < -0.3 is 48.1 Å². The standard InChI is InChI=1S/C22H22N4O8P2.4Na/c27-35(28,29)25-21-11-10-19(22(23-21)26-36(30,31)32)20-13-17(24-34-20)12-15-6-8-18(9-7-15)33-14-16-4-2-1-3-5-16;;;;/h1-11,13H,12,14H2,(H6,23,25,26,27,28,29,30,31,32);;;;/q;4*+1/p-4. The number of nitrogens with one attached hydrogen (secondary N) is 2. The number of nitrogens with zero attached hydrogens (tertiary/aromatic N) is 2. The Labute approximate surface area is 319 Å². The second-order valence-corrected chi connectivity index (χ2v) is 10.0. The van der Waals surface area contributed by atoms with Gasteiger partial charge in [0.15, 0.2) is 5.76 Å². The Morgan fingerprint density at radius 1 is 0.775 bits per heavy atom. The normalized spacial score (nSPS) is 10.6. The topological polar surface area (TPSA) is 199 Å². The first-order chi connectivity index (χ1) is 17.0. The maximum Gasteiger partial charge on any atom is 1.00 e. The molecule has 4 rings (SSSR count). The van der Waals surface area contributed by atoms with Crippen molar-refractivity contribution >= 4 is 27.1 Å². The third-order valence-corrected chi connectivity index (χ3v) is 5.76. The minimum Gasteiger partial charge on any atom is -0.795 e. The van der Waals surface area contributed by atoms with Crippen molar-refractivity contribution < 1.29 is 156 Å². The van der Waals surface area contributed by atoms with E-state index in [-0.39, 0.29) is 130 Å². The van der Waals surface area contributed by atoms with Crippen LogP contribution < -0.4 is 153 Å². The number of pyridine rings is 1. The Balaban J connectivity index is 0.00000380. The minimum absolute atomic E-state index is 0. The number of aromatic nitrogens is 2. The predicted molar refractivity (Wildman–Crippen MR) is 122 cm³/mol. The molecule has 0 aliphatic rings. The van der Waals surface area contributed by atoms with Gasteiger partial charge >= 0.3 is 118 Å². The molecule has 18 heteroatoms. The molecule has 2 aromatic carbocycles. The smallest absolute Gasteiger partial charge is 0.795 e. The number of ether oxygens (including phenoxy) is 1. The first kappa shape index (κ1) is 40.5. The number of rotatable bonds is 10. The molecule has 0 saturated carbocycles. The summed E-state index contributed by atoms with van der Waals surface area (Å²) in [5.41, 5.74) is 2.45. The molecule has 0 unspecified atom stereocenters. The summed E-state index contributed by atoms with van der Waals surface area (Å²) in [4.78, 5) is 48.1. The molecule has 2 aromatic heterocycles. The van der Waals surface area contributed by atoms with Crippen LogP contribution in [-0.2, 0) is 22.2 Å². The summed E-state index contributed by atoms with van der Waals surface area (Å²) in [6.07, 6.45) is 0.370. The molecule has 0 fully saturated rings. The second kappa shape index (κ2) is 18.3. The van der Waals surface area contributed by atoms with Crippen LogP contribution in [-0.4, -0.2) is 10.1 Å². The van der Waals surface area contributed by atoms with Gasteiger partial charge in [0.25, 0.3) is 0 Å². The zero-order valence-electron chi connectivity index (χ0n) is 22.4. The number of anilines is 2. The summed E-state index contributed by atoms with van der Waals surface area (Å²) in [6.45, 7) is 0.437. The van der Waals surface area contributed by atoms with Gasteiger partial charge in [-0.25, -0.2) is 4.98 Å². The van der Waals surface area contributed by atoms with Gasteiger partial charge in [0.2, 0.25) is 0 Å².